The number of alkyl halides is 3. The number of benzene rings is 1. The lowest BCUT2D eigenvalue weighted by Crippen LogP contribution is -2.59. The normalized spacial score (nSPS) is 19.5. The Balaban J connectivity index is 1.92. The average Bonchev–Trinajstić information content (AvgIpc) is 3.29. The Labute approximate surface area is 223 Å². The quantitative estimate of drug-likeness (QED) is 0.529. The minimum absolute atomic E-state index is 0.0416. The molecule has 210 valence electrons. The molecule has 0 radical (unpaired) electrons. The number of aromatic nitrogens is 1. The molecule has 1 fully saturated rings. The van der Waals surface area contributed by atoms with Gasteiger partial charge in [-0.25, -0.2) is 4.39 Å². The maximum absolute atomic E-state index is 13.7. The Bertz CT molecular complexity index is 1300. The molecule has 1 aromatic heterocycles. The topological polar surface area (TPSA) is 115 Å². The second-order valence-corrected chi connectivity index (χ2v) is 11.2. The second kappa shape index (κ2) is 11.2. The number of nitrogens with zero attached hydrogens (tertiary/aromatic N) is 3. The monoisotopic (exact) mass is 549 g/mol. The zero-order valence-corrected chi connectivity index (χ0v) is 22.3. The number of amides is 3. The van der Waals surface area contributed by atoms with E-state index in [0.717, 1.165) is 0 Å². The van der Waals surface area contributed by atoms with Crippen LogP contribution in [-0.2, 0) is 14.4 Å². The predicted molar refractivity (Wildman–Crippen MR) is 134 cm³/mol. The lowest BCUT2D eigenvalue weighted by atomic mass is 9.85. The van der Waals surface area contributed by atoms with E-state index in [2.05, 4.69) is 10.3 Å². The van der Waals surface area contributed by atoms with E-state index in [0.29, 0.717) is 16.3 Å². The van der Waals surface area contributed by atoms with Gasteiger partial charge in [0, 0.05) is 29.9 Å². The van der Waals surface area contributed by atoms with E-state index in [-0.39, 0.29) is 24.8 Å². The highest BCUT2D eigenvalue weighted by molar-refractivity contribution is 5.94. The van der Waals surface area contributed by atoms with E-state index >= 15 is 0 Å². The minimum atomic E-state index is -5.19. The fraction of sp³-hybridized carbons (Fsp3) is 0.519. The van der Waals surface area contributed by atoms with Crippen molar-refractivity contribution in [3.8, 4) is 6.07 Å². The Kier molecular flexibility index (Phi) is 8.53. The van der Waals surface area contributed by atoms with E-state index in [9.17, 15) is 37.2 Å². The average molecular weight is 550 g/mol. The SMILES string of the molecule is CC(C)C1C[C@@H](C(=O)N[C@@H](C#N)c2cncc3cc(F)ccc23)N(C(=O)[C@@H](NC(=O)C(F)(F)F)C(C)(C)C)C1. The number of carbonyl (C=O) groups is 3. The number of hydrogen-bond acceptors (Lipinski definition) is 5. The molecule has 0 spiro atoms. The zero-order valence-electron chi connectivity index (χ0n) is 22.3. The van der Waals surface area contributed by atoms with Gasteiger partial charge in [0.25, 0.3) is 0 Å². The highest BCUT2D eigenvalue weighted by Crippen LogP contribution is 2.33. The van der Waals surface area contributed by atoms with Crippen molar-refractivity contribution in [2.24, 2.45) is 17.3 Å². The molecule has 1 saturated heterocycles. The van der Waals surface area contributed by atoms with Crippen molar-refractivity contribution in [2.45, 2.75) is 65.3 Å². The molecule has 2 N–H and O–H groups in total. The molecule has 3 amide bonds. The standard InChI is InChI=1S/C27H31F4N5O3/c1-14(2)16-9-21(36(13-16)24(38)22(26(3,4)5)35-25(39)27(29,30)31)23(37)34-20(10-32)19-12-33-11-15-8-17(28)6-7-18(15)19/h6-8,11-12,14,16,20-22H,9,13H2,1-5H3,(H,34,37)(H,35,39)/t16?,20-,21-,22+/m0/s1. The third kappa shape index (κ3) is 6.64. The summed E-state index contributed by atoms with van der Waals surface area (Å²) in [4.78, 5) is 44.1. The highest BCUT2D eigenvalue weighted by Gasteiger charge is 2.48. The lowest BCUT2D eigenvalue weighted by molar-refractivity contribution is -0.176. The Hall–Kier alpha value is -3.75. The van der Waals surface area contributed by atoms with Crippen LogP contribution in [0, 0.1) is 34.4 Å². The number of nitriles is 1. The van der Waals surface area contributed by atoms with E-state index in [1.807, 2.05) is 19.9 Å². The van der Waals surface area contributed by atoms with Crippen LogP contribution >= 0.6 is 0 Å². The van der Waals surface area contributed by atoms with Gasteiger partial charge in [-0.05, 0) is 41.2 Å². The first-order valence-corrected chi connectivity index (χ1v) is 12.5. The van der Waals surface area contributed by atoms with Crippen LogP contribution in [0.4, 0.5) is 17.6 Å². The molecular weight excluding hydrogens is 518 g/mol. The molecule has 3 rings (SSSR count). The summed E-state index contributed by atoms with van der Waals surface area (Å²) in [6.45, 7) is 8.44. The van der Waals surface area contributed by atoms with Gasteiger partial charge in [-0.3, -0.25) is 19.4 Å². The van der Waals surface area contributed by atoms with E-state index in [1.54, 1.807) is 5.32 Å². The summed E-state index contributed by atoms with van der Waals surface area (Å²) in [6.07, 6.45) is -2.17. The molecule has 8 nitrogen and oxygen atoms in total. The van der Waals surface area contributed by atoms with Gasteiger partial charge in [0.15, 0.2) is 0 Å². The van der Waals surface area contributed by atoms with Gasteiger partial charge in [-0.2, -0.15) is 18.4 Å². The first-order chi connectivity index (χ1) is 18.0. The molecule has 1 aliphatic rings. The molecular formula is C27H31F4N5O3. The summed E-state index contributed by atoms with van der Waals surface area (Å²) in [7, 11) is 0. The van der Waals surface area contributed by atoms with E-state index in [4.69, 9.17) is 0 Å². The number of hydrogen-bond donors (Lipinski definition) is 2. The van der Waals surface area contributed by atoms with Crippen LogP contribution in [0.15, 0.2) is 30.6 Å². The van der Waals surface area contributed by atoms with Crippen LogP contribution in [0.3, 0.4) is 0 Å². The minimum Gasteiger partial charge on any atom is -0.336 e. The molecule has 1 aromatic carbocycles. The molecule has 1 aliphatic heterocycles. The molecule has 1 unspecified atom stereocenters. The van der Waals surface area contributed by atoms with Gasteiger partial charge in [-0.1, -0.05) is 40.7 Å². The number of fused-ring (bicyclic) bond motifs is 1. The van der Waals surface area contributed by atoms with Gasteiger partial charge in [-0.15, -0.1) is 0 Å². The van der Waals surface area contributed by atoms with Crippen molar-refractivity contribution >= 4 is 28.5 Å². The van der Waals surface area contributed by atoms with Crippen LogP contribution < -0.4 is 10.6 Å². The zero-order chi connectivity index (χ0) is 29.3. The van der Waals surface area contributed by atoms with Crippen LogP contribution in [0.25, 0.3) is 10.8 Å². The number of likely N-dealkylation sites (tertiary alicyclic amines) is 1. The summed E-state index contributed by atoms with van der Waals surface area (Å²) in [5.74, 6) is -4.34. The molecule has 12 heteroatoms. The van der Waals surface area contributed by atoms with Crippen LogP contribution in [0.1, 0.15) is 52.6 Å². The first-order valence-electron chi connectivity index (χ1n) is 12.5. The number of nitrogens with one attached hydrogen (secondary N) is 2. The molecule has 4 atom stereocenters. The number of pyridine rings is 1. The third-order valence-corrected chi connectivity index (χ3v) is 6.99. The molecule has 0 aliphatic carbocycles. The fourth-order valence-electron chi connectivity index (χ4n) is 4.69. The van der Waals surface area contributed by atoms with Crippen molar-refractivity contribution in [1.82, 2.24) is 20.5 Å². The smallest absolute Gasteiger partial charge is 0.336 e. The van der Waals surface area contributed by atoms with Gasteiger partial charge in [0.05, 0.1) is 6.07 Å². The van der Waals surface area contributed by atoms with Crippen LogP contribution in [-0.4, -0.2) is 52.4 Å². The third-order valence-electron chi connectivity index (χ3n) is 6.99. The molecule has 0 bridgehead atoms. The Morgan fingerprint density at radius 1 is 1.13 bits per heavy atom. The van der Waals surface area contributed by atoms with E-state index < -0.39 is 53.3 Å². The maximum atomic E-state index is 13.7. The maximum Gasteiger partial charge on any atom is 0.471 e. The highest BCUT2D eigenvalue weighted by atomic mass is 19.4. The van der Waals surface area contributed by atoms with E-state index in [1.165, 1.54) is 56.3 Å². The van der Waals surface area contributed by atoms with Gasteiger partial charge < -0.3 is 15.5 Å². The van der Waals surface area contributed by atoms with Crippen molar-refractivity contribution in [1.29, 1.82) is 5.26 Å². The van der Waals surface area contributed by atoms with Crippen molar-refractivity contribution < 1.29 is 31.9 Å². The molecule has 0 saturated carbocycles. The van der Waals surface area contributed by atoms with Gasteiger partial charge >= 0.3 is 12.1 Å². The fourth-order valence-corrected chi connectivity index (χ4v) is 4.69. The van der Waals surface area contributed by atoms with Gasteiger partial charge in [0.1, 0.15) is 23.9 Å². The Morgan fingerprint density at radius 3 is 2.36 bits per heavy atom. The summed E-state index contributed by atoms with van der Waals surface area (Å²) < 4.78 is 52.8. The summed E-state index contributed by atoms with van der Waals surface area (Å²) >= 11 is 0. The van der Waals surface area contributed by atoms with Crippen molar-refractivity contribution in [3.05, 3.63) is 42.0 Å². The summed E-state index contributed by atoms with van der Waals surface area (Å²) in [5.41, 5.74) is -0.779. The number of halogens is 4. The predicted octanol–water partition coefficient (Wildman–Crippen LogP) is 4.02. The number of rotatable bonds is 6. The second-order valence-electron chi connectivity index (χ2n) is 11.2. The Morgan fingerprint density at radius 2 is 1.79 bits per heavy atom. The summed E-state index contributed by atoms with van der Waals surface area (Å²) in [5, 5.41) is 15.2. The van der Waals surface area contributed by atoms with Crippen LogP contribution in [0.2, 0.25) is 0 Å². The van der Waals surface area contributed by atoms with Crippen molar-refractivity contribution in [3.63, 3.8) is 0 Å². The van der Waals surface area contributed by atoms with Crippen molar-refractivity contribution in [2.75, 3.05) is 6.54 Å². The number of carbonyl (C=O) groups excluding carboxylic acids is 3. The molecule has 2 aromatic rings. The molecule has 2 heterocycles. The van der Waals surface area contributed by atoms with Gasteiger partial charge in [0.2, 0.25) is 11.8 Å². The molecule has 39 heavy (non-hydrogen) atoms. The summed E-state index contributed by atoms with van der Waals surface area (Å²) in [6, 6.07) is 2.08. The largest absolute Gasteiger partial charge is 0.471 e. The van der Waals surface area contributed by atoms with Crippen LogP contribution in [0.5, 0.6) is 0 Å². The lowest BCUT2D eigenvalue weighted by Gasteiger charge is -2.35. The first kappa shape index (κ1) is 29.8.